The highest BCUT2D eigenvalue weighted by molar-refractivity contribution is 5.87. The van der Waals surface area contributed by atoms with Gasteiger partial charge in [-0.2, -0.15) is 0 Å². The minimum Gasteiger partial charge on any atom is -0.477 e. The largest absolute Gasteiger partial charge is 0.477 e. The summed E-state index contributed by atoms with van der Waals surface area (Å²) in [5.74, 6) is 0.630. The van der Waals surface area contributed by atoms with E-state index < -0.39 is 5.60 Å². The monoisotopic (exact) mass is 345 g/mol. The van der Waals surface area contributed by atoms with Crippen LogP contribution in [0.2, 0.25) is 0 Å². The Hall–Kier alpha value is -2.08. The normalized spacial score (nSPS) is 22.5. The highest BCUT2D eigenvalue weighted by atomic mass is 16.5. The molecule has 0 radical (unpaired) electrons. The predicted octanol–water partition coefficient (Wildman–Crippen LogP) is 1.09. The summed E-state index contributed by atoms with van der Waals surface area (Å²) in [5.41, 5.74) is 0.323. The number of aryl methyl sites for hydroxylation is 1. The molecule has 2 heterocycles. The molecule has 2 N–H and O–H groups in total. The van der Waals surface area contributed by atoms with Crippen LogP contribution in [0.3, 0.4) is 0 Å². The van der Waals surface area contributed by atoms with E-state index in [4.69, 9.17) is 4.74 Å². The molecule has 0 aliphatic carbocycles. The van der Waals surface area contributed by atoms with E-state index in [1.165, 1.54) is 0 Å². The second-order valence-electron chi connectivity index (χ2n) is 7.01. The van der Waals surface area contributed by atoms with Crippen molar-refractivity contribution in [2.75, 3.05) is 33.2 Å². The molecule has 2 amide bonds. The van der Waals surface area contributed by atoms with E-state index in [1.54, 1.807) is 11.9 Å². The summed E-state index contributed by atoms with van der Waals surface area (Å²) >= 11 is 0. The Bertz CT molecular complexity index is 623. The van der Waals surface area contributed by atoms with Gasteiger partial charge >= 0.3 is 0 Å². The number of rotatable bonds is 4. The second-order valence-corrected chi connectivity index (χ2v) is 7.01. The number of amides is 2. The lowest BCUT2D eigenvalue weighted by atomic mass is 9.90. The molecule has 2 saturated heterocycles. The van der Waals surface area contributed by atoms with Gasteiger partial charge in [-0.25, -0.2) is 0 Å². The van der Waals surface area contributed by atoms with Crippen LogP contribution in [0, 0.1) is 12.8 Å². The molecule has 1 atom stereocenters. The van der Waals surface area contributed by atoms with E-state index in [-0.39, 0.29) is 17.7 Å². The van der Waals surface area contributed by atoms with Gasteiger partial charge in [-0.15, -0.1) is 0 Å². The molecule has 1 unspecified atom stereocenters. The summed E-state index contributed by atoms with van der Waals surface area (Å²) in [7, 11) is 1.64. The highest BCUT2D eigenvalue weighted by Crippen LogP contribution is 2.31. The van der Waals surface area contributed by atoms with Crippen molar-refractivity contribution in [2.45, 2.75) is 31.8 Å². The molecule has 3 rings (SSSR count). The Labute approximate surface area is 148 Å². The minimum atomic E-state index is -0.835. The van der Waals surface area contributed by atoms with E-state index in [0.29, 0.717) is 32.4 Å². The predicted molar refractivity (Wildman–Crippen MR) is 95.4 cm³/mol. The fraction of sp³-hybridized carbons (Fsp3) is 0.579. The van der Waals surface area contributed by atoms with E-state index >= 15 is 0 Å². The van der Waals surface area contributed by atoms with Crippen LogP contribution in [0.5, 0.6) is 5.75 Å². The quantitative estimate of drug-likeness (QED) is 0.857. The maximum atomic E-state index is 13.3. The lowest BCUT2D eigenvalue weighted by molar-refractivity contribution is -0.149. The number of likely N-dealkylation sites (tertiary alicyclic amines) is 1. The Kier molecular flexibility index (Phi) is 5.27. The topological polar surface area (TPSA) is 70.7 Å². The zero-order valence-corrected chi connectivity index (χ0v) is 15.0. The standard InChI is InChI=1S/C19H27N3O3/c1-14-3-5-16(6-4-14)25-19(8-10-21-11-9-19)18(24)22-12-7-15(13-22)17(23)20-2/h3-6,15,21H,7-13H2,1-2H3,(H,20,23). The molecule has 0 aromatic heterocycles. The van der Waals surface area contributed by atoms with E-state index in [0.717, 1.165) is 24.4 Å². The van der Waals surface area contributed by atoms with Crippen molar-refractivity contribution in [2.24, 2.45) is 5.92 Å². The molecule has 6 heteroatoms. The van der Waals surface area contributed by atoms with Crippen LogP contribution < -0.4 is 15.4 Å². The van der Waals surface area contributed by atoms with Crippen molar-refractivity contribution in [3.8, 4) is 5.75 Å². The number of nitrogens with one attached hydrogen (secondary N) is 2. The summed E-state index contributed by atoms with van der Waals surface area (Å²) in [4.78, 5) is 27.0. The number of hydrogen-bond donors (Lipinski definition) is 2. The van der Waals surface area contributed by atoms with Crippen molar-refractivity contribution in [1.29, 1.82) is 0 Å². The molecule has 136 valence electrons. The summed E-state index contributed by atoms with van der Waals surface area (Å²) < 4.78 is 6.26. The van der Waals surface area contributed by atoms with Gasteiger partial charge in [0.25, 0.3) is 5.91 Å². The third-order valence-electron chi connectivity index (χ3n) is 5.23. The van der Waals surface area contributed by atoms with Gasteiger partial charge in [0.15, 0.2) is 5.60 Å². The zero-order valence-electron chi connectivity index (χ0n) is 15.0. The number of carbonyl (C=O) groups is 2. The number of hydrogen-bond acceptors (Lipinski definition) is 4. The number of piperidine rings is 1. The zero-order chi connectivity index (χ0) is 17.9. The first-order chi connectivity index (χ1) is 12.0. The van der Waals surface area contributed by atoms with Crippen LogP contribution in [-0.2, 0) is 9.59 Å². The SMILES string of the molecule is CNC(=O)C1CCN(C(=O)C2(Oc3ccc(C)cc3)CCNCC2)C1. The van der Waals surface area contributed by atoms with E-state index in [1.807, 2.05) is 31.2 Å². The maximum absolute atomic E-state index is 13.3. The summed E-state index contributed by atoms with van der Waals surface area (Å²) in [6.07, 6.45) is 1.99. The van der Waals surface area contributed by atoms with Gasteiger partial charge in [-0.3, -0.25) is 9.59 Å². The molecule has 0 spiro atoms. The first-order valence-electron chi connectivity index (χ1n) is 9.01. The van der Waals surface area contributed by atoms with Crippen molar-refractivity contribution in [1.82, 2.24) is 15.5 Å². The third-order valence-corrected chi connectivity index (χ3v) is 5.23. The lowest BCUT2D eigenvalue weighted by Gasteiger charge is -2.39. The molecule has 0 saturated carbocycles. The van der Waals surface area contributed by atoms with Gasteiger partial charge in [-0.1, -0.05) is 17.7 Å². The van der Waals surface area contributed by atoms with Crippen molar-refractivity contribution in [3.63, 3.8) is 0 Å². The van der Waals surface area contributed by atoms with Crippen LogP contribution in [0.25, 0.3) is 0 Å². The van der Waals surface area contributed by atoms with Crippen LogP contribution in [0.4, 0.5) is 0 Å². The Morgan fingerprint density at radius 2 is 1.92 bits per heavy atom. The first-order valence-corrected chi connectivity index (χ1v) is 9.01. The van der Waals surface area contributed by atoms with E-state index in [2.05, 4.69) is 10.6 Å². The van der Waals surface area contributed by atoms with Crippen LogP contribution >= 0.6 is 0 Å². The van der Waals surface area contributed by atoms with Crippen LogP contribution in [0.15, 0.2) is 24.3 Å². The molecular weight excluding hydrogens is 318 g/mol. The van der Waals surface area contributed by atoms with Gasteiger partial charge in [0.1, 0.15) is 5.75 Å². The van der Waals surface area contributed by atoms with Gasteiger partial charge in [-0.05, 0) is 38.6 Å². The Morgan fingerprint density at radius 3 is 2.56 bits per heavy atom. The summed E-state index contributed by atoms with van der Waals surface area (Å²) in [5, 5.41) is 5.98. The van der Waals surface area contributed by atoms with Gasteiger partial charge in [0, 0.05) is 33.0 Å². The van der Waals surface area contributed by atoms with Gasteiger partial charge in [0.05, 0.1) is 5.92 Å². The van der Waals surface area contributed by atoms with Crippen molar-refractivity contribution in [3.05, 3.63) is 29.8 Å². The summed E-state index contributed by atoms with van der Waals surface area (Å²) in [6.45, 7) is 4.63. The average molecular weight is 345 g/mol. The smallest absolute Gasteiger partial charge is 0.266 e. The number of benzene rings is 1. The van der Waals surface area contributed by atoms with Gasteiger partial charge in [0.2, 0.25) is 5.91 Å². The van der Waals surface area contributed by atoms with E-state index in [9.17, 15) is 9.59 Å². The van der Waals surface area contributed by atoms with Crippen molar-refractivity contribution >= 4 is 11.8 Å². The molecule has 1 aromatic rings. The average Bonchev–Trinajstić information content (AvgIpc) is 3.13. The molecule has 2 aliphatic heterocycles. The molecule has 25 heavy (non-hydrogen) atoms. The molecule has 2 fully saturated rings. The molecule has 1 aromatic carbocycles. The number of nitrogens with zero attached hydrogens (tertiary/aromatic N) is 1. The number of ether oxygens (including phenoxy) is 1. The third kappa shape index (κ3) is 3.79. The van der Waals surface area contributed by atoms with Gasteiger partial charge < -0.3 is 20.3 Å². The molecule has 2 aliphatic rings. The lowest BCUT2D eigenvalue weighted by Crippen LogP contribution is -2.57. The first kappa shape index (κ1) is 17.7. The van der Waals surface area contributed by atoms with Crippen molar-refractivity contribution < 1.29 is 14.3 Å². The maximum Gasteiger partial charge on any atom is 0.266 e. The summed E-state index contributed by atoms with van der Waals surface area (Å²) in [6, 6.07) is 7.82. The molecule has 0 bridgehead atoms. The number of carbonyl (C=O) groups excluding carboxylic acids is 2. The Morgan fingerprint density at radius 1 is 1.24 bits per heavy atom. The fourth-order valence-electron chi connectivity index (χ4n) is 3.67. The Balaban J connectivity index is 1.77. The van der Waals surface area contributed by atoms with Crippen LogP contribution in [-0.4, -0.2) is 55.5 Å². The second kappa shape index (κ2) is 7.44. The molecular formula is C19H27N3O3. The minimum absolute atomic E-state index is 0.00844. The highest BCUT2D eigenvalue weighted by Gasteiger charge is 2.46. The fourth-order valence-corrected chi connectivity index (χ4v) is 3.67. The molecule has 6 nitrogen and oxygen atoms in total. The van der Waals surface area contributed by atoms with Crippen LogP contribution in [0.1, 0.15) is 24.8 Å².